The van der Waals surface area contributed by atoms with E-state index in [-0.39, 0.29) is 0 Å². The number of rotatable bonds is 6. The lowest BCUT2D eigenvalue weighted by Gasteiger charge is -2.09. The van der Waals surface area contributed by atoms with Crippen molar-refractivity contribution in [3.63, 3.8) is 0 Å². The molecule has 1 saturated heterocycles. The second kappa shape index (κ2) is 6.90. The highest BCUT2D eigenvalue weighted by molar-refractivity contribution is 4.86. The van der Waals surface area contributed by atoms with Crippen LogP contribution in [0.1, 0.15) is 12.8 Å². The maximum absolute atomic E-state index is 5.41. The van der Waals surface area contributed by atoms with E-state index >= 15 is 0 Å². The van der Waals surface area contributed by atoms with Gasteiger partial charge in [-0.1, -0.05) is 5.92 Å². The minimum atomic E-state index is 0.327. The van der Waals surface area contributed by atoms with Gasteiger partial charge in [0, 0.05) is 13.2 Å². The van der Waals surface area contributed by atoms with Gasteiger partial charge in [-0.25, -0.2) is 0 Å². The van der Waals surface area contributed by atoms with Crippen LogP contribution in [0.15, 0.2) is 0 Å². The number of hydrogen-bond donors (Lipinski definition) is 1. The van der Waals surface area contributed by atoms with E-state index in [0.717, 1.165) is 26.2 Å². The first kappa shape index (κ1) is 10.5. The second-order valence-electron chi connectivity index (χ2n) is 3.09. The first-order valence-electron chi connectivity index (χ1n) is 4.77. The van der Waals surface area contributed by atoms with Crippen molar-refractivity contribution in [2.75, 3.05) is 32.9 Å². The summed E-state index contributed by atoms with van der Waals surface area (Å²) in [5.74, 6) is 2.51. The molecule has 0 aromatic carbocycles. The molecule has 74 valence electrons. The molecule has 1 atom stereocenters. The lowest BCUT2D eigenvalue weighted by molar-refractivity contribution is 0.0185. The molecule has 0 aliphatic carbocycles. The van der Waals surface area contributed by atoms with Crippen molar-refractivity contribution in [1.29, 1.82) is 0 Å². The van der Waals surface area contributed by atoms with Gasteiger partial charge in [0.15, 0.2) is 0 Å². The zero-order valence-electron chi connectivity index (χ0n) is 7.92. The molecule has 1 aliphatic rings. The van der Waals surface area contributed by atoms with Crippen LogP contribution < -0.4 is 5.32 Å². The predicted octanol–water partition coefficient (Wildman–Crippen LogP) is 0.405. The van der Waals surface area contributed by atoms with Crippen molar-refractivity contribution in [2.24, 2.45) is 0 Å². The Morgan fingerprint density at radius 2 is 2.54 bits per heavy atom. The Hall–Kier alpha value is -0.560. The van der Waals surface area contributed by atoms with Crippen molar-refractivity contribution in [2.45, 2.75) is 18.9 Å². The Kier molecular flexibility index (Phi) is 5.59. The van der Waals surface area contributed by atoms with Crippen molar-refractivity contribution in [3.8, 4) is 12.3 Å². The lowest BCUT2D eigenvalue weighted by atomic mass is 10.2. The van der Waals surface area contributed by atoms with Crippen molar-refractivity contribution >= 4 is 0 Å². The molecule has 0 aromatic heterocycles. The molecular weight excluding hydrogens is 166 g/mol. The minimum absolute atomic E-state index is 0.327. The zero-order chi connectivity index (χ0) is 9.36. The van der Waals surface area contributed by atoms with Gasteiger partial charge in [-0.15, -0.1) is 6.42 Å². The van der Waals surface area contributed by atoms with Crippen LogP contribution in [0.25, 0.3) is 0 Å². The van der Waals surface area contributed by atoms with Crippen LogP contribution in [0, 0.1) is 12.3 Å². The minimum Gasteiger partial charge on any atom is -0.377 e. The molecule has 0 saturated carbocycles. The molecule has 1 fully saturated rings. The summed E-state index contributed by atoms with van der Waals surface area (Å²) in [5.41, 5.74) is 0. The standard InChI is InChI=1S/C10H17NO2/c1-2-5-11-6-8-12-9-10-4-3-7-13-10/h1,10-11H,3-9H2. The van der Waals surface area contributed by atoms with Gasteiger partial charge in [0.25, 0.3) is 0 Å². The summed E-state index contributed by atoms with van der Waals surface area (Å²) in [6, 6.07) is 0. The fraction of sp³-hybridized carbons (Fsp3) is 0.800. The van der Waals surface area contributed by atoms with E-state index < -0.39 is 0 Å². The topological polar surface area (TPSA) is 30.5 Å². The molecule has 1 aliphatic heterocycles. The summed E-state index contributed by atoms with van der Waals surface area (Å²) >= 11 is 0. The van der Waals surface area contributed by atoms with E-state index in [1.54, 1.807) is 0 Å². The van der Waals surface area contributed by atoms with Gasteiger partial charge in [0.2, 0.25) is 0 Å². The molecular formula is C10H17NO2. The molecule has 1 unspecified atom stereocenters. The lowest BCUT2D eigenvalue weighted by Crippen LogP contribution is -2.22. The number of hydrogen-bond acceptors (Lipinski definition) is 3. The summed E-state index contributed by atoms with van der Waals surface area (Å²) < 4.78 is 10.8. The molecule has 0 aromatic rings. The van der Waals surface area contributed by atoms with Gasteiger partial charge in [-0.3, -0.25) is 0 Å². The summed E-state index contributed by atoms with van der Waals surface area (Å²) in [5, 5.41) is 3.06. The van der Waals surface area contributed by atoms with Gasteiger partial charge in [-0.05, 0) is 12.8 Å². The highest BCUT2D eigenvalue weighted by Gasteiger charge is 2.14. The Morgan fingerprint density at radius 3 is 3.23 bits per heavy atom. The molecule has 3 heteroatoms. The molecule has 0 radical (unpaired) electrons. The molecule has 13 heavy (non-hydrogen) atoms. The van der Waals surface area contributed by atoms with Crippen LogP contribution in [-0.2, 0) is 9.47 Å². The fourth-order valence-electron chi connectivity index (χ4n) is 1.30. The molecule has 1 heterocycles. The smallest absolute Gasteiger partial charge is 0.0809 e. The first-order chi connectivity index (χ1) is 6.43. The van der Waals surface area contributed by atoms with Gasteiger partial charge in [0.1, 0.15) is 0 Å². The average molecular weight is 183 g/mol. The van der Waals surface area contributed by atoms with Crippen LogP contribution in [0.2, 0.25) is 0 Å². The summed E-state index contributed by atoms with van der Waals surface area (Å²) in [7, 11) is 0. The maximum Gasteiger partial charge on any atom is 0.0809 e. The highest BCUT2D eigenvalue weighted by atomic mass is 16.5. The Balaban J connectivity index is 1.81. The SMILES string of the molecule is C#CCNCCOCC1CCCO1. The molecule has 1 rings (SSSR count). The quantitative estimate of drug-likeness (QED) is 0.478. The number of terminal acetylenes is 1. The van der Waals surface area contributed by atoms with E-state index in [4.69, 9.17) is 15.9 Å². The van der Waals surface area contributed by atoms with Gasteiger partial charge in [0.05, 0.1) is 25.9 Å². The van der Waals surface area contributed by atoms with E-state index in [0.29, 0.717) is 19.3 Å². The largest absolute Gasteiger partial charge is 0.377 e. The first-order valence-corrected chi connectivity index (χ1v) is 4.77. The van der Waals surface area contributed by atoms with Crippen molar-refractivity contribution in [1.82, 2.24) is 5.32 Å². The average Bonchev–Trinajstić information content (AvgIpc) is 2.63. The third kappa shape index (κ3) is 4.89. The van der Waals surface area contributed by atoms with Crippen LogP contribution >= 0.6 is 0 Å². The molecule has 0 bridgehead atoms. The highest BCUT2D eigenvalue weighted by Crippen LogP contribution is 2.11. The summed E-state index contributed by atoms with van der Waals surface area (Å²) in [4.78, 5) is 0. The Labute approximate surface area is 79.8 Å². The van der Waals surface area contributed by atoms with Crippen LogP contribution in [0.5, 0.6) is 0 Å². The van der Waals surface area contributed by atoms with Gasteiger partial charge in [-0.2, -0.15) is 0 Å². The van der Waals surface area contributed by atoms with E-state index in [2.05, 4.69) is 11.2 Å². The fourth-order valence-corrected chi connectivity index (χ4v) is 1.30. The normalized spacial score (nSPS) is 21.6. The Morgan fingerprint density at radius 1 is 1.62 bits per heavy atom. The maximum atomic E-state index is 5.41. The number of ether oxygens (including phenoxy) is 2. The third-order valence-electron chi connectivity index (χ3n) is 1.98. The Bertz CT molecular complexity index is 159. The third-order valence-corrected chi connectivity index (χ3v) is 1.98. The molecule has 0 amide bonds. The monoisotopic (exact) mass is 183 g/mol. The van der Waals surface area contributed by atoms with Crippen LogP contribution in [0.4, 0.5) is 0 Å². The summed E-state index contributed by atoms with van der Waals surface area (Å²) in [6.07, 6.45) is 7.70. The molecule has 0 spiro atoms. The van der Waals surface area contributed by atoms with E-state index in [1.165, 1.54) is 6.42 Å². The van der Waals surface area contributed by atoms with Gasteiger partial charge < -0.3 is 14.8 Å². The van der Waals surface area contributed by atoms with Crippen LogP contribution in [0.3, 0.4) is 0 Å². The predicted molar refractivity (Wildman–Crippen MR) is 51.5 cm³/mol. The molecule has 3 nitrogen and oxygen atoms in total. The van der Waals surface area contributed by atoms with Crippen molar-refractivity contribution < 1.29 is 9.47 Å². The van der Waals surface area contributed by atoms with Crippen LogP contribution in [-0.4, -0.2) is 39.0 Å². The zero-order valence-corrected chi connectivity index (χ0v) is 7.92. The van der Waals surface area contributed by atoms with E-state index in [9.17, 15) is 0 Å². The van der Waals surface area contributed by atoms with Crippen molar-refractivity contribution in [3.05, 3.63) is 0 Å². The second-order valence-corrected chi connectivity index (χ2v) is 3.09. The van der Waals surface area contributed by atoms with Gasteiger partial charge >= 0.3 is 0 Å². The molecule has 1 N–H and O–H groups in total. The summed E-state index contributed by atoms with van der Waals surface area (Å²) in [6.45, 7) is 3.75. The van der Waals surface area contributed by atoms with E-state index in [1.807, 2.05) is 0 Å². The number of nitrogens with one attached hydrogen (secondary N) is 1.